The predicted octanol–water partition coefficient (Wildman–Crippen LogP) is 1.55. The zero-order valence-corrected chi connectivity index (χ0v) is 11.2. The summed E-state index contributed by atoms with van der Waals surface area (Å²) >= 11 is 0. The molecule has 7 heteroatoms. The first-order chi connectivity index (χ1) is 9.61. The smallest absolute Gasteiger partial charge is 0.270 e. The minimum Gasteiger partial charge on any atom is -0.387 e. The van der Waals surface area contributed by atoms with Crippen molar-refractivity contribution in [2.75, 3.05) is 25.5 Å². The highest BCUT2D eigenvalue weighted by molar-refractivity contribution is 6.00. The van der Waals surface area contributed by atoms with Gasteiger partial charge in [-0.15, -0.1) is 0 Å². The molecule has 1 aromatic carbocycles. The van der Waals surface area contributed by atoms with Gasteiger partial charge in [0.25, 0.3) is 11.6 Å². The lowest BCUT2D eigenvalue weighted by atomic mass is 10.1. The third-order valence-corrected chi connectivity index (χ3v) is 3.24. The molecule has 0 bridgehead atoms. The average molecular weight is 279 g/mol. The second-order valence-corrected chi connectivity index (χ2v) is 4.58. The highest BCUT2D eigenvalue weighted by Gasteiger charge is 2.19. The van der Waals surface area contributed by atoms with Crippen molar-refractivity contribution in [1.82, 2.24) is 5.32 Å². The van der Waals surface area contributed by atoms with E-state index in [1.165, 1.54) is 18.2 Å². The molecule has 0 spiro atoms. The van der Waals surface area contributed by atoms with E-state index in [4.69, 9.17) is 4.74 Å². The quantitative estimate of drug-likeness (QED) is 0.630. The van der Waals surface area contributed by atoms with Gasteiger partial charge in [-0.2, -0.15) is 0 Å². The van der Waals surface area contributed by atoms with Crippen LogP contribution in [0.4, 0.5) is 11.4 Å². The summed E-state index contributed by atoms with van der Waals surface area (Å²) in [5.41, 5.74) is 0.714. The summed E-state index contributed by atoms with van der Waals surface area (Å²) in [6, 6.07) is 4.17. The molecule has 1 atom stereocenters. The molecule has 1 saturated heterocycles. The van der Waals surface area contributed by atoms with Gasteiger partial charge in [0, 0.05) is 38.0 Å². The first-order valence-electron chi connectivity index (χ1n) is 6.48. The van der Waals surface area contributed by atoms with Crippen LogP contribution in [0.5, 0.6) is 0 Å². The summed E-state index contributed by atoms with van der Waals surface area (Å²) in [5, 5.41) is 16.4. The van der Waals surface area contributed by atoms with E-state index in [0.29, 0.717) is 12.2 Å². The highest BCUT2D eigenvalue weighted by Crippen LogP contribution is 2.22. The molecule has 1 heterocycles. The van der Waals surface area contributed by atoms with Crippen LogP contribution in [0.3, 0.4) is 0 Å². The van der Waals surface area contributed by atoms with Crippen LogP contribution in [-0.2, 0) is 4.74 Å². The normalized spacial score (nSPS) is 17.8. The first-order valence-corrected chi connectivity index (χ1v) is 6.48. The molecule has 2 N–H and O–H groups in total. The lowest BCUT2D eigenvalue weighted by Gasteiger charge is -2.12. The molecule has 1 aliphatic heterocycles. The van der Waals surface area contributed by atoms with E-state index in [-0.39, 0.29) is 23.3 Å². The lowest BCUT2D eigenvalue weighted by Crippen LogP contribution is -2.32. The Bertz CT molecular complexity index is 512. The zero-order chi connectivity index (χ0) is 14.5. The second-order valence-electron chi connectivity index (χ2n) is 4.58. The van der Waals surface area contributed by atoms with Crippen LogP contribution in [-0.4, -0.2) is 37.1 Å². The summed E-state index contributed by atoms with van der Waals surface area (Å²) < 4.78 is 5.42. The monoisotopic (exact) mass is 279 g/mol. The number of anilines is 1. The third-order valence-electron chi connectivity index (χ3n) is 3.24. The van der Waals surface area contributed by atoms with Gasteiger partial charge >= 0.3 is 0 Å². The van der Waals surface area contributed by atoms with E-state index in [2.05, 4.69) is 10.6 Å². The highest BCUT2D eigenvalue weighted by atomic mass is 16.6. The van der Waals surface area contributed by atoms with Crippen molar-refractivity contribution >= 4 is 17.3 Å². The lowest BCUT2D eigenvalue weighted by molar-refractivity contribution is -0.384. The van der Waals surface area contributed by atoms with Crippen LogP contribution in [0.1, 0.15) is 23.2 Å². The number of ether oxygens (including phenoxy) is 1. The molecule has 1 aliphatic rings. The molecule has 0 radical (unpaired) electrons. The Morgan fingerprint density at radius 3 is 2.95 bits per heavy atom. The van der Waals surface area contributed by atoms with Crippen LogP contribution in [0, 0.1) is 10.1 Å². The number of rotatable bonds is 5. The number of hydrogen-bond donors (Lipinski definition) is 2. The van der Waals surface area contributed by atoms with Gasteiger partial charge in [0.05, 0.1) is 16.6 Å². The summed E-state index contributed by atoms with van der Waals surface area (Å²) in [7, 11) is 1.66. The van der Waals surface area contributed by atoms with Crippen molar-refractivity contribution in [1.29, 1.82) is 0 Å². The van der Waals surface area contributed by atoms with E-state index in [1.807, 2.05) is 0 Å². The largest absolute Gasteiger partial charge is 0.387 e. The zero-order valence-electron chi connectivity index (χ0n) is 11.2. The van der Waals surface area contributed by atoms with Crippen LogP contribution >= 0.6 is 0 Å². The average Bonchev–Trinajstić information content (AvgIpc) is 2.97. The molecule has 108 valence electrons. The number of nitro groups is 1. The number of carbonyl (C=O) groups excluding carboxylic acids is 1. The second kappa shape index (κ2) is 6.33. The molecular formula is C13H17N3O4. The van der Waals surface area contributed by atoms with Gasteiger partial charge in [0.2, 0.25) is 0 Å². The van der Waals surface area contributed by atoms with Crippen molar-refractivity contribution in [2.24, 2.45) is 0 Å². The Balaban J connectivity index is 2.10. The van der Waals surface area contributed by atoms with Crippen molar-refractivity contribution in [3.63, 3.8) is 0 Å². The summed E-state index contributed by atoms with van der Waals surface area (Å²) in [5.74, 6) is -0.339. The Labute approximate surface area is 116 Å². The number of nitro benzene ring substituents is 1. The predicted molar refractivity (Wildman–Crippen MR) is 74.0 cm³/mol. The van der Waals surface area contributed by atoms with E-state index < -0.39 is 4.92 Å². The topological polar surface area (TPSA) is 93.5 Å². The number of carbonyl (C=O) groups is 1. The summed E-state index contributed by atoms with van der Waals surface area (Å²) in [4.78, 5) is 22.4. The van der Waals surface area contributed by atoms with E-state index >= 15 is 0 Å². The maximum absolute atomic E-state index is 12.1. The fourth-order valence-electron chi connectivity index (χ4n) is 2.16. The molecule has 1 aromatic rings. The first kappa shape index (κ1) is 14.3. The van der Waals surface area contributed by atoms with Gasteiger partial charge in [-0.05, 0) is 18.9 Å². The number of benzene rings is 1. The van der Waals surface area contributed by atoms with Gasteiger partial charge < -0.3 is 15.4 Å². The van der Waals surface area contributed by atoms with E-state index in [9.17, 15) is 14.9 Å². The number of nitrogens with one attached hydrogen (secondary N) is 2. The summed E-state index contributed by atoms with van der Waals surface area (Å²) in [6.45, 7) is 1.14. The SMILES string of the molecule is CNc1ccc([N+](=O)[O-])cc1C(=O)NCC1CCCO1. The van der Waals surface area contributed by atoms with Gasteiger partial charge in [-0.25, -0.2) is 0 Å². The number of non-ortho nitro benzene ring substituents is 1. The Morgan fingerprint density at radius 1 is 1.55 bits per heavy atom. The van der Waals surface area contributed by atoms with E-state index in [1.54, 1.807) is 7.05 Å². The minimum absolute atomic E-state index is 0.0377. The van der Waals surface area contributed by atoms with Crippen LogP contribution in [0.2, 0.25) is 0 Å². The molecule has 0 aromatic heterocycles. The maximum Gasteiger partial charge on any atom is 0.270 e. The molecule has 0 aliphatic carbocycles. The third kappa shape index (κ3) is 3.24. The van der Waals surface area contributed by atoms with Gasteiger partial charge in [-0.3, -0.25) is 14.9 Å². The van der Waals surface area contributed by atoms with Crippen LogP contribution in [0.25, 0.3) is 0 Å². The van der Waals surface area contributed by atoms with Gasteiger partial charge in [-0.1, -0.05) is 0 Å². The van der Waals surface area contributed by atoms with Crippen LogP contribution < -0.4 is 10.6 Å². The fraction of sp³-hybridized carbons (Fsp3) is 0.462. The molecule has 7 nitrogen and oxygen atoms in total. The molecule has 20 heavy (non-hydrogen) atoms. The standard InChI is InChI=1S/C13H17N3O4/c1-14-12-5-4-9(16(18)19)7-11(12)13(17)15-8-10-3-2-6-20-10/h4-5,7,10,14H,2-3,6,8H2,1H3,(H,15,17). The van der Waals surface area contributed by atoms with Crippen molar-refractivity contribution in [2.45, 2.75) is 18.9 Å². The molecule has 1 fully saturated rings. The molecule has 1 unspecified atom stereocenters. The Morgan fingerprint density at radius 2 is 2.35 bits per heavy atom. The number of amides is 1. The number of hydrogen-bond acceptors (Lipinski definition) is 5. The summed E-state index contributed by atoms with van der Waals surface area (Å²) in [6.07, 6.45) is 1.96. The Hall–Kier alpha value is -2.15. The van der Waals surface area contributed by atoms with Crippen molar-refractivity contribution < 1.29 is 14.5 Å². The van der Waals surface area contributed by atoms with Crippen molar-refractivity contribution in [3.8, 4) is 0 Å². The van der Waals surface area contributed by atoms with Gasteiger partial charge in [0.1, 0.15) is 0 Å². The minimum atomic E-state index is -0.518. The molecule has 0 saturated carbocycles. The molecule has 1 amide bonds. The maximum atomic E-state index is 12.1. The molecular weight excluding hydrogens is 262 g/mol. The van der Waals surface area contributed by atoms with Crippen LogP contribution in [0.15, 0.2) is 18.2 Å². The van der Waals surface area contributed by atoms with Crippen molar-refractivity contribution in [3.05, 3.63) is 33.9 Å². The van der Waals surface area contributed by atoms with E-state index in [0.717, 1.165) is 19.4 Å². The van der Waals surface area contributed by atoms with Gasteiger partial charge in [0.15, 0.2) is 0 Å². The fourth-order valence-corrected chi connectivity index (χ4v) is 2.16. The Kier molecular flexibility index (Phi) is 4.52. The number of nitrogens with zero attached hydrogens (tertiary/aromatic N) is 1. The molecule has 2 rings (SSSR count).